The molecule has 19 heavy (non-hydrogen) atoms. The summed E-state index contributed by atoms with van der Waals surface area (Å²) in [6, 6.07) is 7.39. The lowest BCUT2D eigenvalue weighted by Gasteiger charge is -2.27. The Morgan fingerprint density at radius 3 is 2.84 bits per heavy atom. The predicted molar refractivity (Wildman–Crippen MR) is 76.0 cm³/mol. The van der Waals surface area contributed by atoms with Gasteiger partial charge in [-0.2, -0.15) is 0 Å². The van der Waals surface area contributed by atoms with Crippen molar-refractivity contribution in [3.8, 4) is 0 Å². The third-order valence-electron chi connectivity index (χ3n) is 3.94. The van der Waals surface area contributed by atoms with Crippen molar-refractivity contribution in [3.05, 3.63) is 29.8 Å². The van der Waals surface area contributed by atoms with Crippen molar-refractivity contribution in [3.63, 3.8) is 0 Å². The van der Waals surface area contributed by atoms with Gasteiger partial charge in [0.05, 0.1) is 11.6 Å². The van der Waals surface area contributed by atoms with Crippen LogP contribution >= 0.6 is 0 Å². The van der Waals surface area contributed by atoms with Crippen molar-refractivity contribution >= 4 is 11.6 Å². The van der Waals surface area contributed by atoms with E-state index in [9.17, 15) is 9.90 Å². The first kappa shape index (κ1) is 14.0. The van der Waals surface area contributed by atoms with Crippen molar-refractivity contribution in [2.75, 3.05) is 11.9 Å². The molecule has 2 atom stereocenters. The topological polar surface area (TPSA) is 61.4 Å². The SMILES string of the molecule is CCC1(C(=O)Nc2ccccc2C(C)O)CCCN1. The van der Waals surface area contributed by atoms with E-state index in [1.165, 1.54) is 0 Å². The zero-order chi connectivity index (χ0) is 13.9. The number of hydrogen-bond donors (Lipinski definition) is 3. The first-order valence-electron chi connectivity index (χ1n) is 6.92. The van der Waals surface area contributed by atoms with E-state index in [2.05, 4.69) is 10.6 Å². The minimum Gasteiger partial charge on any atom is -0.389 e. The molecule has 1 fully saturated rings. The van der Waals surface area contributed by atoms with Crippen molar-refractivity contribution < 1.29 is 9.90 Å². The Bertz CT molecular complexity index is 451. The van der Waals surface area contributed by atoms with Gasteiger partial charge < -0.3 is 15.7 Å². The molecule has 0 saturated carbocycles. The molecular formula is C15H22N2O2. The first-order valence-corrected chi connectivity index (χ1v) is 6.92. The van der Waals surface area contributed by atoms with Crippen molar-refractivity contribution in [1.29, 1.82) is 0 Å². The predicted octanol–water partition coefficient (Wildman–Crippen LogP) is 2.21. The Balaban J connectivity index is 2.19. The van der Waals surface area contributed by atoms with E-state index in [0.717, 1.165) is 31.4 Å². The van der Waals surface area contributed by atoms with Gasteiger partial charge in [-0.25, -0.2) is 0 Å². The number of anilines is 1. The fraction of sp³-hybridized carbons (Fsp3) is 0.533. The number of hydrogen-bond acceptors (Lipinski definition) is 3. The summed E-state index contributed by atoms with van der Waals surface area (Å²) in [5.74, 6) is 0.000556. The van der Waals surface area contributed by atoms with Gasteiger partial charge in [-0.05, 0) is 38.8 Å². The molecule has 104 valence electrons. The third-order valence-corrected chi connectivity index (χ3v) is 3.94. The lowest BCUT2D eigenvalue weighted by Crippen LogP contribution is -2.50. The maximum absolute atomic E-state index is 12.5. The van der Waals surface area contributed by atoms with Crippen LogP contribution in [-0.2, 0) is 4.79 Å². The Kier molecular flexibility index (Phi) is 4.22. The van der Waals surface area contributed by atoms with Crippen molar-refractivity contribution in [1.82, 2.24) is 5.32 Å². The smallest absolute Gasteiger partial charge is 0.244 e. The number of aliphatic hydroxyl groups is 1. The summed E-state index contributed by atoms with van der Waals surface area (Å²) >= 11 is 0. The molecule has 1 aromatic carbocycles. The lowest BCUT2D eigenvalue weighted by molar-refractivity contribution is -0.122. The van der Waals surface area contributed by atoms with Crippen LogP contribution in [0.15, 0.2) is 24.3 Å². The second kappa shape index (κ2) is 5.72. The minimum atomic E-state index is -0.592. The zero-order valence-electron chi connectivity index (χ0n) is 11.6. The van der Waals surface area contributed by atoms with Gasteiger partial charge in [-0.3, -0.25) is 4.79 Å². The largest absolute Gasteiger partial charge is 0.389 e. The normalized spacial score (nSPS) is 24.2. The molecule has 3 N–H and O–H groups in total. The third kappa shape index (κ3) is 2.80. The van der Waals surface area contributed by atoms with Crippen LogP contribution in [0.2, 0.25) is 0 Å². The zero-order valence-corrected chi connectivity index (χ0v) is 11.6. The fourth-order valence-electron chi connectivity index (χ4n) is 2.68. The molecule has 1 amide bonds. The van der Waals surface area contributed by atoms with Gasteiger partial charge in [-0.1, -0.05) is 25.1 Å². The number of benzene rings is 1. The van der Waals surface area contributed by atoms with E-state index in [-0.39, 0.29) is 5.91 Å². The number of carbonyl (C=O) groups is 1. The van der Waals surface area contributed by atoms with E-state index in [1.807, 2.05) is 31.2 Å². The molecule has 0 aliphatic carbocycles. The molecule has 4 heteroatoms. The number of rotatable bonds is 4. The number of aliphatic hydroxyl groups excluding tert-OH is 1. The Morgan fingerprint density at radius 2 is 2.26 bits per heavy atom. The Hall–Kier alpha value is -1.39. The summed E-state index contributed by atoms with van der Waals surface area (Å²) in [5, 5.41) is 16.0. The molecule has 0 bridgehead atoms. The van der Waals surface area contributed by atoms with Gasteiger partial charge in [0.2, 0.25) is 5.91 Å². The van der Waals surface area contributed by atoms with Gasteiger partial charge in [0.15, 0.2) is 0 Å². The highest BCUT2D eigenvalue weighted by Gasteiger charge is 2.39. The van der Waals surface area contributed by atoms with E-state index in [4.69, 9.17) is 0 Å². The molecule has 1 heterocycles. The van der Waals surface area contributed by atoms with Crippen LogP contribution in [0.1, 0.15) is 44.8 Å². The highest BCUT2D eigenvalue weighted by molar-refractivity contribution is 5.98. The van der Waals surface area contributed by atoms with Crippen LogP contribution in [0.4, 0.5) is 5.69 Å². The molecular weight excluding hydrogens is 240 g/mol. The van der Waals surface area contributed by atoms with Gasteiger partial charge in [0.1, 0.15) is 0 Å². The Labute approximate surface area is 114 Å². The van der Waals surface area contributed by atoms with E-state index < -0.39 is 11.6 Å². The summed E-state index contributed by atoms with van der Waals surface area (Å²) in [6.07, 6.45) is 2.08. The lowest BCUT2D eigenvalue weighted by atomic mass is 9.93. The molecule has 1 aliphatic rings. The van der Waals surface area contributed by atoms with Crippen LogP contribution in [-0.4, -0.2) is 23.1 Å². The second-order valence-electron chi connectivity index (χ2n) is 5.18. The van der Waals surface area contributed by atoms with E-state index in [0.29, 0.717) is 5.69 Å². The number of amides is 1. The second-order valence-corrected chi connectivity index (χ2v) is 5.18. The number of nitrogens with one attached hydrogen (secondary N) is 2. The van der Waals surface area contributed by atoms with E-state index in [1.54, 1.807) is 6.92 Å². The van der Waals surface area contributed by atoms with Crippen molar-refractivity contribution in [2.24, 2.45) is 0 Å². The maximum Gasteiger partial charge on any atom is 0.244 e. The fourth-order valence-corrected chi connectivity index (χ4v) is 2.68. The van der Waals surface area contributed by atoms with Crippen LogP contribution < -0.4 is 10.6 Å². The molecule has 4 nitrogen and oxygen atoms in total. The average Bonchev–Trinajstić information content (AvgIpc) is 2.89. The molecule has 1 aromatic rings. The number of para-hydroxylation sites is 1. The summed E-state index contributed by atoms with van der Waals surface area (Å²) < 4.78 is 0. The van der Waals surface area contributed by atoms with Crippen LogP contribution in [0.5, 0.6) is 0 Å². The quantitative estimate of drug-likeness (QED) is 0.779. The van der Waals surface area contributed by atoms with Crippen molar-refractivity contribution in [2.45, 2.75) is 44.8 Å². The van der Waals surface area contributed by atoms with Gasteiger partial charge in [-0.15, -0.1) is 0 Å². The summed E-state index contributed by atoms with van der Waals surface area (Å²) in [5.41, 5.74) is 0.996. The van der Waals surface area contributed by atoms with E-state index >= 15 is 0 Å². The molecule has 2 unspecified atom stereocenters. The molecule has 1 aliphatic heterocycles. The molecule has 0 radical (unpaired) electrons. The first-order chi connectivity index (χ1) is 9.09. The number of carbonyl (C=O) groups excluding carboxylic acids is 1. The maximum atomic E-state index is 12.5. The highest BCUT2D eigenvalue weighted by Crippen LogP contribution is 2.27. The average molecular weight is 262 g/mol. The van der Waals surface area contributed by atoms with Crippen LogP contribution in [0, 0.1) is 0 Å². The van der Waals surface area contributed by atoms with Crippen LogP contribution in [0.25, 0.3) is 0 Å². The minimum absolute atomic E-state index is 0.000556. The van der Waals surface area contributed by atoms with Gasteiger partial charge in [0.25, 0.3) is 0 Å². The summed E-state index contributed by atoms with van der Waals surface area (Å²) in [7, 11) is 0. The molecule has 1 saturated heterocycles. The van der Waals surface area contributed by atoms with Gasteiger partial charge in [0, 0.05) is 11.3 Å². The molecule has 2 rings (SSSR count). The summed E-state index contributed by atoms with van der Waals surface area (Å²) in [4.78, 5) is 12.5. The van der Waals surface area contributed by atoms with Gasteiger partial charge >= 0.3 is 0 Å². The Morgan fingerprint density at radius 1 is 1.53 bits per heavy atom. The standard InChI is InChI=1S/C15H22N2O2/c1-3-15(9-6-10-16-15)14(19)17-13-8-5-4-7-12(13)11(2)18/h4-5,7-8,11,16,18H,3,6,9-10H2,1-2H3,(H,17,19). The molecule has 0 aromatic heterocycles. The van der Waals surface area contributed by atoms with Crippen LogP contribution in [0.3, 0.4) is 0 Å². The monoisotopic (exact) mass is 262 g/mol. The highest BCUT2D eigenvalue weighted by atomic mass is 16.3. The molecule has 0 spiro atoms. The summed E-state index contributed by atoms with van der Waals surface area (Å²) in [6.45, 7) is 4.62.